The number of nitrogens with zero attached hydrogens (tertiary/aromatic N) is 1. The van der Waals surface area contributed by atoms with Gasteiger partial charge >= 0.3 is 5.97 Å². The zero-order valence-electron chi connectivity index (χ0n) is 40.9. The van der Waals surface area contributed by atoms with Crippen molar-refractivity contribution in [3.05, 3.63) is 95.6 Å². The lowest BCUT2D eigenvalue weighted by Crippen LogP contribution is -2.57. The molecule has 0 aliphatic carbocycles. The van der Waals surface area contributed by atoms with Crippen molar-refractivity contribution in [1.29, 1.82) is 0 Å². The molecule has 13 heteroatoms. The third-order valence-corrected chi connectivity index (χ3v) is 12.8. The molecule has 3 aromatic carbocycles. The van der Waals surface area contributed by atoms with Crippen molar-refractivity contribution in [2.24, 2.45) is 23.7 Å². The summed E-state index contributed by atoms with van der Waals surface area (Å²) in [6.07, 6.45) is 7.44. The summed E-state index contributed by atoms with van der Waals surface area (Å²) in [5.41, 5.74) is 1.73. The van der Waals surface area contributed by atoms with Crippen LogP contribution in [0, 0.1) is 36.0 Å². The fourth-order valence-corrected chi connectivity index (χ4v) is 8.86. The van der Waals surface area contributed by atoms with Crippen LogP contribution in [0.3, 0.4) is 0 Å². The molecule has 5 rings (SSSR count). The first-order valence-corrected chi connectivity index (χ1v) is 24.3. The summed E-state index contributed by atoms with van der Waals surface area (Å²) in [5.74, 6) is 0.0359. The highest BCUT2D eigenvalue weighted by Gasteiger charge is 2.50. The van der Waals surface area contributed by atoms with Crippen LogP contribution in [-0.2, 0) is 57.6 Å². The molecule has 13 nitrogen and oxygen atoms in total. The van der Waals surface area contributed by atoms with Crippen LogP contribution in [0.25, 0.3) is 0 Å². The Kier molecular flexibility index (Phi) is 20.1. The van der Waals surface area contributed by atoms with Crippen LogP contribution >= 0.6 is 0 Å². The number of epoxide rings is 1. The predicted octanol–water partition coefficient (Wildman–Crippen LogP) is 6.81. The minimum absolute atomic E-state index is 0.00521. The highest BCUT2D eigenvalue weighted by Crippen LogP contribution is 2.32. The quantitative estimate of drug-likeness (QED) is 0.0260. The van der Waals surface area contributed by atoms with Gasteiger partial charge in [-0.05, 0) is 74.1 Å². The average Bonchev–Trinajstić information content (AvgIpc) is 4.07. The maximum atomic E-state index is 14.6. The Morgan fingerprint density at radius 2 is 1.41 bits per heavy atom. The van der Waals surface area contributed by atoms with Gasteiger partial charge in [-0.2, -0.15) is 0 Å². The van der Waals surface area contributed by atoms with E-state index in [1.54, 1.807) is 26.0 Å². The van der Waals surface area contributed by atoms with Crippen LogP contribution in [-0.4, -0.2) is 103 Å². The number of amides is 2. The Labute approximate surface area is 403 Å². The van der Waals surface area contributed by atoms with Crippen molar-refractivity contribution in [3.63, 3.8) is 0 Å². The zero-order chi connectivity index (χ0) is 49.3. The van der Waals surface area contributed by atoms with Gasteiger partial charge in [-0.25, -0.2) is 0 Å². The molecule has 5 atom stereocenters. The lowest BCUT2D eigenvalue weighted by atomic mass is 9.87. The Balaban J connectivity index is 1.37. The summed E-state index contributed by atoms with van der Waals surface area (Å²) < 4.78 is 23.0. The first kappa shape index (κ1) is 53.3. The number of terminal acetylenes is 1. The zero-order valence-corrected chi connectivity index (χ0v) is 40.9. The van der Waals surface area contributed by atoms with E-state index >= 15 is 0 Å². The van der Waals surface area contributed by atoms with Gasteiger partial charge in [0.25, 0.3) is 0 Å². The second-order valence-corrected chi connectivity index (χ2v) is 19.6. The van der Waals surface area contributed by atoms with Gasteiger partial charge in [-0.3, -0.25) is 28.8 Å². The number of rotatable bonds is 28. The number of nitrogens with one attached hydrogen (secondary N) is 2. The third kappa shape index (κ3) is 16.5. The lowest BCUT2D eigenvalue weighted by Gasteiger charge is -2.41. The van der Waals surface area contributed by atoms with E-state index in [1.165, 1.54) is 0 Å². The molecule has 366 valence electrons. The van der Waals surface area contributed by atoms with Crippen LogP contribution in [0.2, 0.25) is 0 Å². The molecular weight excluding hydrogens is 863 g/mol. The number of esters is 1. The van der Waals surface area contributed by atoms with Gasteiger partial charge in [-0.15, -0.1) is 6.42 Å². The van der Waals surface area contributed by atoms with Crippen molar-refractivity contribution < 1.29 is 52.2 Å². The molecule has 2 fully saturated rings. The number of carbonyl (C=O) groups is 6. The van der Waals surface area contributed by atoms with Crippen molar-refractivity contribution in [1.82, 2.24) is 10.6 Å². The fourth-order valence-electron chi connectivity index (χ4n) is 8.86. The molecule has 2 heterocycles. The largest absolute Gasteiger partial charge is 0.480 e. The van der Waals surface area contributed by atoms with Crippen LogP contribution in [0.5, 0.6) is 11.5 Å². The van der Waals surface area contributed by atoms with Crippen LogP contribution in [0.15, 0.2) is 78.9 Å². The fraction of sp³-hybridized carbons (Fsp3) is 0.527. The van der Waals surface area contributed by atoms with Crippen molar-refractivity contribution in [2.45, 2.75) is 117 Å². The molecule has 0 unspecified atom stereocenters. The van der Waals surface area contributed by atoms with Gasteiger partial charge in [0.2, 0.25) is 11.8 Å². The molecule has 2 aliphatic heterocycles. The first-order chi connectivity index (χ1) is 32.5. The van der Waals surface area contributed by atoms with Gasteiger partial charge in [0.05, 0.1) is 31.9 Å². The Hall–Kier alpha value is -5.68. The number of hydrogen-bond donors (Lipinski definition) is 2. The number of benzene rings is 3. The molecule has 68 heavy (non-hydrogen) atoms. The van der Waals surface area contributed by atoms with E-state index in [2.05, 4.69) is 16.6 Å². The standard InChI is InChI=1S/C55H71N3O10/c1-8-26-66-50-34-46(68-51(61)9-2)23-22-43(50)35-58(24-27-65-28-25-58)36-45(59)32-42(21-20-40-16-12-10-13-17-40)53(63)56-47(29-38(3)4)49(60)33-44(31-41-18-14-11-15-19-41)54(64)57-48(30-39(5)6)52(62)55(7)37-67-55/h1,10-19,22-23,34,38-39,42,44,47-48H,9,20-21,24-33,35-37H2,2-7H3,(H-,56,57,63,64)/p+1/t42-,44-,47+,48+,55-/m1/s1. The Morgan fingerprint density at radius 1 is 0.809 bits per heavy atom. The van der Waals surface area contributed by atoms with Gasteiger partial charge in [0.15, 0.2) is 17.3 Å². The Morgan fingerprint density at radius 3 is 2.01 bits per heavy atom. The monoisotopic (exact) mass is 935 g/mol. The molecule has 3 aromatic rings. The second-order valence-electron chi connectivity index (χ2n) is 19.6. The normalized spacial score (nSPS) is 18.0. The number of aryl methyl sites for hydroxylation is 1. The van der Waals surface area contributed by atoms with E-state index in [0.29, 0.717) is 81.1 Å². The third-order valence-electron chi connectivity index (χ3n) is 12.8. The average molecular weight is 935 g/mol. The maximum Gasteiger partial charge on any atom is 0.310 e. The maximum absolute atomic E-state index is 14.6. The smallest absolute Gasteiger partial charge is 0.310 e. The summed E-state index contributed by atoms with van der Waals surface area (Å²) in [7, 11) is 0. The topological polar surface area (TPSA) is 167 Å². The van der Waals surface area contributed by atoms with Crippen LogP contribution < -0.4 is 20.1 Å². The molecule has 0 saturated carbocycles. The van der Waals surface area contributed by atoms with Crippen LogP contribution in [0.1, 0.15) is 96.8 Å². The number of Topliss-reactive ketones (excluding diaryl/α,β-unsaturated/α-hetero) is 3. The van der Waals surface area contributed by atoms with Crippen molar-refractivity contribution in [2.75, 3.05) is 46.1 Å². The van der Waals surface area contributed by atoms with E-state index in [-0.39, 0.29) is 74.0 Å². The number of morpholine rings is 1. The number of ketones is 3. The van der Waals surface area contributed by atoms with E-state index in [9.17, 15) is 28.8 Å². The molecule has 0 bridgehead atoms. The van der Waals surface area contributed by atoms with Crippen LogP contribution in [0.4, 0.5) is 0 Å². The molecule has 2 saturated heterocycles. The summed E-state index contributed by atoms with van der Waals surface area (Å²) >= 11 is 0. The first-order valence-electron chi connectivity index (χ1n) is 24.3. The molecule has 2 N–H and O–H groups in total. The van der Waals surface area contributed by atoms with Crippen molar-refractivity contribution >= 4 is 35.1 Å². The van der Waals surface area contributed by atoms with E-state index in [1.807, 2.05) is 94.4 Å². The summed E-state index contributed by atoms with van der Waals surface area (Å²) in [4.78, 5) is 83.5. The molecule has 2 aliphatic rings. The van der Waals surface area contributed by atoms with E-state index < -0.39 is 41.3 Å². The van der Waals surface area contributed by atoms with Gasteiger partial charge < -0.3 is 34.1 Å². The Bertz CT molecular complexity index is 2210. The van der Waals surface area contributed by atoms with Gasteiger partial charge in [-0.1, -0.05) is 101 Å². The van der Waals surface area contributed by atoms with E-state index in [4.69, 9.17) is 25.4 Å². The van der Waals surface area contributed by atoms with Gasteiger partial charge in [0, 0.05) is 42.7 Å². The molecule has 0 spiro atoms. The summed E-state index contributed by atoms with van der Waals surface area (Å²) in [6.45, 7) is 14.1. The molecular formula is C55H72N3O10+. The summed E-state index contributed by atoms with van der Waals surface area (Å²) in [6, 6.07) is 22.7. The number of hydrogen-bond acceptors (Lipinski definition) is 10. The number of ether oxygens (including phenoxy) is 4. The van der Waals surface area contributed by atoms with E-state index in [0.717, 1.165) is 16.7 Å². The highest BCUT2D eigenvalue weighted by molar-refractivity contribution is 5.98. The number of carbonyl (C=O) groups excluding carboxylic acids is 6. The summed E-state index contributed by atoms with van der Waals surface area (Å²) in [5, 5.41) is 6.08. The predicted molar refractivity (Wildman–Crippen MR) is 259 cm³/mol. The molecule has 0 aromatic heterocycles. The van der Waals surface area contributed by atoms with Crippen molar-refractivity contribution in [3.8, 4) is 23.8 Å². The number of quaternary nitrogens is 1. The lowest BCUT2D eigenvalue weighted by molar-refractivity contribution is -0.940. The minimum Gasteiger partial charge on any atom is -0.480 e. The second kappa shape index (κ2) is 25.6. The molecule has 2 amide bonds. The SMILES string of the molecule is C#CCOc1cc(OC(=O)CC)ccc1C[N+]1(CC(=O)C[C@@H](CCc2ccccc2)C(=O)N[C@@H](CC(C)C)C(=O)C[C@@H](Cc2ccccc2)C(=O)N[C@@H](CC(C)C)C(=O)[C@@]2(C)CO2)CCOCC1. The molecule has 0 radical (unpaired) electrons. The highest BCUT2D eigenvalue weighted by atomic mass is 16.6. The minimum atomic E-state index is -0.937. The van der Waals surface area contributed by atoms with Gasteiger partial charge in [0.1, 0.15) is 49.9 Å².